The van der Waals surface area contributed by atoms with Crippen molar-refractivity contribution in [2.45, 2.75) is 19.9 Å². The Bertz CT molecular complexity index is 175. The number of allylic oxidation sites excluding steroid dienone is 1. The Morgan fingerprint density at radius 1 is 1.82 bits per heavy atom. The quantitative estimate of drug-likeness (QED) is 0.637. The van der Waals surface area contributed by atoms with Gasteiger partial charge in [-0.1, -0.05) is 23.9 Å². The predicted octanol–water partition coefficient (Wildman–Crippen LogP) is 1.64. The Labute approximate surface area is 72.2 Å². The molecule has 0 bridgehead atoms. The third-order valence-corrected chi connectivity index (χ3v) is 2.31. The average Bonchev–Trinajstić information content (AvgIpc) is 2.37. The van der Waals surface area contributed by atoms with E-state index in [4.69, 9.17) is 0 Å². The molecule has 0 aromatic heterocycles. The molecule has 0 saturated carbocycles. The van der Waals surface area contributed by atoms with Gasteiger partial charge in [0.1, 0.15) is 0 Å². The zero-order chi connectivity index (χ0) is 8.10. The first-order chi connectivity index (χ1) is 5.33. The van der Waals surface area contributed by atoms with Gasteiger partial charge in [-0.15, -0.1) is 0 Å². The predicted molar refractivity (Wildman–Crippen MR) is 52.2 cm³/mol. The summed E-state index contributed by atoms with van der Waals surface area (Å²) < 4.78 is 0. The maximum absolute atomic E-state index is 4.32. The van der Waals surface area contributed by atoms with E-state index in [1.807, 2.05) is 6.92 Å². The van der Waals surface area contributed by atoms with Crippen LogP contribution < -0.4 is 5.32 Å². The molecule has 1 heterocycles. The van der Waals surface area contributed by atoms with E-state index in [9.17, 15) is 0 Å². The molecule has 0 amide bonds. The summed E-state index contributed by atoms with van der Waals surface area (Å²) in [7, 11) is 0. The second-order valence-corrected chi connectivity index (χ2v) is 3.58. The van der Waals surface area contributed by atoms with Crippen molar-refractivity contribution in [3.8, 4) is 0 Å². The van der Waals surface area contributed by atoms with E-state index in [0.29, 0.717) is 6.04 Å². The number of amidine groups is 1. The lowest BCUT2D eigenvalue weighted by molar-refractivity contribution is 0.728. The fourth-order valence-electron chi connectivity index (χ4n) is 0.832. The zero-order valence-corrected chi connectivity index (χ0v) is 7.82. The van der Waals surface area contributed by atoms with Crippen molar-refractivity contribution in [3.63, 3.8) is 0 Å². The van der Waals surface area contributed by atoms with Gasteiger partial charge in [0.2, 0.25) is 0 Å². The summed E-state index contributed by atoms with van der Waals surface area (Å²) in [5.74, 6) is 1.02. The van der Waals surface area contributed by atoms with E-state index < -0.39 is 0 Å². The second kappa shape index (κ2) is 4.44. The molecule has 1 aliphatic rings. The van der Waals surface area contributed by atoms with Gasteiger partial charge in [-0.3, -0.25) is 4.99 Å². The van der Waals surface area contributed by atoms with Crippen molar-refractivity contribution < 1.29 is 0 Å². The van der Waals surface area contributed by atoms with E-state index in [0.717, 1.165) is 17.5 Å². The topological polar surface area (TPSA) is 24.4 Å². The van der Waals surface area contributed by atoms with Crippen LogP contribution in [0, 0.1) is 0 Å². The van der Waals surface area contributed by atoms with E-state index in [1.54, 1.807) is 11.8 Å². The molecule has 0 fully saturated rings. The monoisotopic (exact) mass is 170 g/mol. The molecule has 0 radical (unpaired) electrons. The fraction of sp³-hybridized carbons (Fsp3) is 0.625. The molecule has 1 N–H and O–H groups in total. The Morgan fingerprint density at radius 3 is 3.18 bits per heavy atom. The van der Waals surface area contributed by atoms with Gasteiger partial charge in [-0.05, 0) is 13.8 Å². The number of hydrogen-bond acceptors (Lipinski definition) is 3. The molecule has 3 heteroatoms. The molecule has 11 heavy (non-hydrogen) atoms. The minimum Gasteiger partial charge on any atom is -0.361 e. The smallest absolute Gasteiger partial charge is 0.157 e. The summed E-state index contributed by atoms with van der Waals surface area (Å²) in [5, 5.41) is 4.38. The molecule has 1 atom stereocenters. The first-order valence-electron chi connectivity index (χ1n) is 3.88. The van der Waals surface area contributed by atoms with Crippen molar-refractivity contribution >= 4 is 16.9 Å². The molecule has 0 spiro atoms. The molecule has 0 aromatic rings. The van der Waals surface area contributed by atoms with Crippen LogP contribution in [-0.2, 0) is 0 Å². The summed E-state index contributed by atoms with van der Waals surface area (Å²) in [4.78, 5) is 4.32. The normalized spacial score (nSPS) is 23.8. The van der Waals surface area contributed by atoms with Gasteiger partial charge < -0.3 is 5.32 Å². The van der Waals surface area contributed by atoms with Crippen molar-refractivity contribution in [2.75, 3.05) is 12.3 Å². The molecular weight excluding hydrogens is 156 g/mol. The molecule has 1 rings (SSSR count). The standard InChI is InChI=1S/C8H14N2S/c1-3-4-5-11-8-9-6-7(2)10-8/h3-4,7H,5-6H2,1-2H3,(H,9,10)/b4-3+. The van der Waals surface area contributed by atoms with E-state index in [1.165, 1.54) is 0 Å². The number of nitrogens with zero attached hydrogens (tertiary/aromatic N) is 1. The summed E-state index contributed by atoms with van der Waals surface area (Å²) in [6.45, 7) is 5.11. The zero-order valence-electron chi connectivity index (χ0n) is 7.00. The Hall–Kier alpha value is -0.440. The number of nitrogens with one attached hydrogen (secondary N) is 1. The highest BCUT2D eigenvalue weighted by Gasteiger charge is 2.11. The van der Waals surface area contributed by atoms with Gasteiger partial charge in [0.15, 0.2) is 5.17 Å². The second-order valence-electron chi connectivity index (χ2n) is 2.57. The average molecular weight is 170 g/mol. The van der Waals surface area contributed by atoms with Gasteiger partial charge >= 0.3 is 0 Å². The SMILES string of the molecule is C/C=C/CSC1=NCC(C)N1. The Balaban J connectivity index is 2.18. The molecule has 2 nitrogen and oxygen atoms in total. The van der Waals surface area contributed by atoms with Gasteiger partial charge in [0.05, 0.1) is 6.54 Å². The van der Waals surface area contributed by atoms with Crippen molar-refractivity contribution in [1.29, 1.82) is 0 Å². The van der Waals surface area contributed by atoms with Crippen LogP contribution in [0.15, 0.2) is 17.1 Å². The van der Waals surface area contributed by atoms with Gasteiger partial charge in [0, 0.05) is 11.8 Å². The molecule has 0 saturated heterocycles. The number of rotatable bonds is 2. The number of hydrogen-bond donors (Lipinski definition) is 1. The van der Waals surface area contributed by atoms with Crippen LogP contribution >= 0.6 is 11.8 Å². The van der Waals surface area contributed by atoms with Crippen LogP contribution in [0.4, 0.5) is 0 Å². The largest absolute Gasteiger partial charge is 0.361 e. The van der Waals surface area contributed by atoms with Gasteiger partial charge in [-0.25, -0.2) is 0 Å². The lowest BCUT2D eigenvalue weighted by atomic mass is 10.4. The van der Waals surface area contributed by atoms with E-state index >= 15 is 0 Å². The van der Waals surface area contributed by atoms with Crippen LogP contribution in [0.1, 0.15) is 13.8 Å². The first-order valence-corrected chi connectivity index (χ1v) is 4.86. The molecule has 0 aromatic carbocycles. The number of thioether (sulfide) groups is 1. The minimum absolute atomic E-state index is 0.531. The molecule has 62 valence electrons. The van der Waals surface area contributed by atoms with E-state index in [2.05, 4.69) is 29.4 Å². The van der Waals surface area contributed by atoms with Crippen LogP contribution in [0.3, 0.4) is 0 Å². The lowest BCUT2D eigenvalue weighted by Crippen LogP contribution is -2.25. The molecule has 1 unspecified atom stereocenters. The number of aliphatic imine (C=N–C) groups is 1. The maximum atomic E-state index is 4.32. The van der Waals surface area contributed by atoms with E-state index in [-0.39, 0.29) is 0 Å². The minimum atomic E-state index is 0.531. The molecular formula is C8H14N2S. The van der Waals surface area contributed by atoms with Crippen molar-refractivity contribution in [1.82, 2.24) is 5.32 Å². The maximum Gasteiger partial charge on any atom is 0.157 e. The Kier molecular flexibility index (Phi) is 3.49. The summed E-state index contributed by atoms with van der Waals surface area (Å²) >= 11 is 1.76. The van der Waals surface area contributed by atoms with Crippen molar-refractivity contribution in [3.05, 3.63) is 12.2 Å². The van der Waals surface area contributed by atoms with Crippen LogP contribution in [-0.4, -0.2) is 23.5 Å². The van der Waals surface area contributed by atoms with Gasteiger partial charge in [-0.2, -0.15) is 0 Å². The van der Waals surface area contributed by atoms with Gasteiger partial charge in [0.25, 0.3) is 0 Å². The summed E-state index contributed by atoms with van der Waals surface area (Å²) in [6, 6.07) is 0.531. The summed E-state index contributed by atoms with van der Waals surface area (Å²) in [6.07, 6.45) is 4.20. The first kappa shape index (κ1) is 8.65. The third-order valence-electron chi connectivity index (χ3n) is 1.43. The van der Waals surface area contributed by atoms with Crippen molar-refractivity contribution in [2.24, 2.45) is 4.99 Å². The highest BCUT2D eigenvalue weighted by Crippen LogP contribution is 2.07. The van der Waals surface area contributed by atoms with Crippen LogP contribution in [0.2, 0.25) is 0 Å². The molecule has 0 aliphatic carbocycles. The van der Waals surface area contributed by atoms with Crippen LogP contribution in [0.25, 0.3) is 0 Å². The molecule has 1 aliphatic heterocycles. The fourth-order valence-corrected chi connectivity index (χ4v) is 1.73. The highest BCUT2D eigenvalue weighted by atomic mass is 32.2. The highest BCUT2D eigenvalue weighted by molar-refractivity contribution is 8.13. The van der Waals surface area contributed by atoms with Crippen LogP contribution in [0.5, 0.6) is 0 Å². The Morgan fingerprint density at radius 2 is 2.64 bits per heavy atom. The summed E-state index contributed by atoms with van der Waals surface area (Å²) in [5.41, 5.74) is 0. The third kappa shape index (κ3) is 2.97. The lowest BCUT2D eigenvalue weighted by Gasteiger charge is -2.02.